The molecule has 0 aliphatic heterocycles. The first kappa shape index (κ1) is 16.0. The molecule has 1 aliphatic rings. The van der Waals surface area contributed by atoms with Crippen molar-refractivity contribution >= 4 is 11.0 Å². The lowest BCUT2D eigenvalue weighted by atomic mass is 10.0. The number of fused-ring (bicyclic) bond motifs is 1. The third kappa shape index (κ3) is 3.07. The van der Waals surface area contributed by atoms with E-state index in [-0.39, 0.29) is 11.5 Å². The van der Waals surface area contributed by atoms with Gasteiger partial charge < -0.3 is 20.1 Å². The number of phenolic OH excluding ortho intramolecular Hbond substituents is 2. The average Bonchev–Trinajstić information content (AvgIpc) is 2.89. The van der Waals surface area contributed by atoms with Gasteiger partial charge in [-0.1, -0.05) is 35.5 Å². The maximum absolute atomic E-state index is 10.3. The van der Waals surface area contributed by atoms with Crippen LogP contribution in [-0.4, -0.2) is 15.4 Å². The third-order valence-corrected chi connectivity index (χ3v) is 4.29. The molecule has 4 rings (SSSR count). The Hall–Kier alpha value is -3.47. The van der Waals surface area contributed by atoms with Crippen molar-refractivity contribution in [3.63, 3.8) is 0 Å². The van der Waals surface area contributed by atoms with E-state index in [1.165, 1.54) is 6.07 Å². The average molecular weight is 346 g/mol. The number of hydrogen-bond acceptors (Lipinski definition) is 5. The summed E-state index contributed by atoms with van der Waals surface area (Å²) in [5, 5.41) is 28.7. The number of phenols is 2. The molecule has 0 bridgehead atoms. The first-order valence-electron chi connectivity index (χ1n) is 8.39. The maximum Gasteiger partial charge on any atom is 0.167 e. The quantitative estimate of drug-likeness (QED) is 0.653. The van der Waals surface area contributed by atoms with Gasteiger partial charge in [0.15, 0.2) is 5.58 Å². The second-order valence-corrected chi connectivity index (χ2v) is 6.07. The van der Waals surface area contributed by atoms with E-state index in [0.29, 0.717) is 28.9 Å². The molecule has 5 nitrogen and oxygen atoms in total. The van der Waals surface area contributed by atoms with Crippen LogP contribution in [0.25, 0.3) is 22.2 Å². The molecule has 1 heterocycles. The van der Waals surface area contributed by atoms with E-state index in [1.807, 2.05) is 42.5 Å². The molecule has 0 unspecified atom stereocenters. The number of benzene rings is 2. The number of para-hydroxylation sites is 1. The molecule has 0 amide bonds. The molecular formula is C21H18N2O3. The molecule has 5 heteroatoms. The van der Waals surface area contributed by atoms with Gasteiger partial charge in [-0.15, -0.1) is 0 Å². The number of nitrogens with one attached hydrogen (secondary N) is 1. The van der Waals surface area contributed by atoms with Crippen molar-refractivity contribution < 1.29 is 14.7 Å². The zero-order valence-electron chi connectivity index (χ0n) is 14.0. The lowest BCUT2D eigenvalue weighted by Crippen LogP contribution is -2.11. The number of allylic oxidation sites excluding steroid dienone is 5. The van der Waals surface area contributed by atoms with E-state index in [4.69, 9.17) is 4.52 Å². The van der Waals surface area contributed by atoms with Crippen molar-refractivity contribution in [1.82, 2.24) is 10.5 Å². The van der Waals surface area contributed by atoms with Crippen molar-refractivity contribution in [2.45, 2.75) is 13.0 Å². The van der Waals surface area contributed by atoms with Gasteiger partial charge in [-0.05, 0) is 36.8 Å². The van der Waals surface area contributed by atoms with Crippen LogP contribution in [0.5, 0.6) is 11.5 Å². The fraction of sp³-hybridized carbons (Fsp3) is 0.0952. The summed E-state index contributed by atoms with van der Waals surface area (Å²) in [5.41, 5.74) is 3.34. The summed E-state index contributed by atoms with van der Waals surface area (Å²) in [5.74, 6) is -0.0119. The smallest absolute Gasteiger partial charge is 0.167 e. The second kappa shape index (κ2) is 6.80. The van der Waals surface area contributed by atoms with Gasteiger partial charge in [-0.2, -0.15) is 0 Å². The van der Waals surface area contributed by atoms with Crippen LogP contribution in [-0.2, 0) is 6.54 Å². The van der Waals surface area contributed by atoms with Gasteiger partial charge in [-0.3, -0.25) is 0 Å². The van der Waals surface area contributed by atoms with Gasteiger partial charge in [0.1, 0.15) is 17.2 Å². The Balaban J connectivity index is 1.68. The van der Waals surface area contributed by atoms with Crippen molar-refractivity contribution in [3.8, 4) is 22.8 Å². The fourth-order valence-corrected chi connectivity index (χ4v) is 2.93. The van der Waals surface area contributed by atoms with Crippen molar-refractivity contribution in [2.24, 2.45) is 0 Å². The maximum atomic E-state index is 10.3. The highest BCUT2D eigenvalue weighted by Gasteiger charge is 2.16. The van der Waals surface area contributed by atoms with Gasteiger partial charge in [0.05, 0.1) is 0 Å². The lowest BCUT2D eigenvalue weighted by molar-refractivity contribution is 0.442. The topological polar surface area (TPSA) is 78.5 Å². The van der Waals surface area contributed by atoms with E-state index < -0.39 is 0 Å². The molecule has 0 radical (unpaired) electrons. The highest BCUT2D eigenvalue weighted by molar-refractivity contribution is 5.93. The zero-order valence-corrected chi connectivity index (χ0v) is 14.0. The molecule has 3 aromatic rings. The highest BCUT2D eigenvalue weighted by atomic mass is 16.5. The third-order valence-electron chi connectivity index (χ3n) is 4.29. The van der Waals surface area contributed by atoms with E-state index in [2.05, 4.69) is 22.6 Å². The normalized spacial score (nSPS) is 13.6. The van der Waals surface area contributed by atoms with Crippen LogP contribution in [0.15, 0.2) is 77.0 Å². The Morgan fingerprint density at radius 2 is 1.96 bits per heavy atom. The summed E-state index contributed by atoms with van der Waals surface area (Å²) in [7, 11) is 0. The summed E-state index contributed by atoms with van der Waals surface area (Å²) in [6, 6.07) is 10.5. The minimum Gasteiger partial charge on any atom is -0.507 e. The van der Waals surface area contributed by atoms with Gasteiger partial charge in [0.2, 0.25) is 0 Å². The number of rotatable bonds is 4. The summed E-state index contributed by atoms with van der Waals surface area (Å²) in [4.78, 5) is 0. The van der Waals surface area contributed by atoms with Gasteiger partial charge in [0, 0.05) is 34.8 Å². The van der Waals surface area contributed by atoms with Crippen LogP contribution >= 0.6 is 0 Å². The molecule has 1 aromatic heterocycles. The SMILES string of the molecule is Oc1cc(O)c(-c2noc3ccccc23)cc1CNC1=CC=CCC=C1. The zero-order chi connectivity index (χ0) is 17.9. The standard InChI is InChI=1S/C21H18N2O3/c24-18-12-19(25)17(21-16-9-5-6-10-20(16)26-23-21)11-14(18)13-22-15-7-3-1-2-4-8-15/h1,3-12,22,24-25H,2,13H2. The Bertz CT molecular complexity index is 1040. The van der Waals surface area contributed by atoms with Crippen molar-refractivity contribution in [1.29, 1.82) is 0 Å². The van der Waals surface area contributed by atoms with E-state index in [1.54, 1.807) is 6.07 Å². The molecule has 0 atom stereocenters. The predicted molar refractivity (Wildman–Crippen MR) is 101 cm³/mol. The number of aromatic nitrogens is 1. The Morgan fingerprint density at radius 3 is 2.88 bits per heavy atom. The molecule has 130 valence electrons. The van der Waals surface area contributed by atoms with E-state index >= 15 is 0 Å². The molecule has 0 saturated carbocycles. The van der Waals surface area contributed by atoms with Gasteiger partial charge >= 0.3 is 0 Å². The monoisotopic (exact) mass is 346 g/mol. The highest BCUT2D eigenvalue weighted by Crippen LogP contribution is 2.37. The molecule has 0 spiro atoms. The van der Waals surface area contributed by atoms with Crippen molar-refractivity contribution in [2.75, 3.05) is 0 Å². The predicted octanol–water partition coefficient (Wildman–Crippen LogP) is 4.40. The molecule has 26 heavy (non-hydrogen) atoms. The fourth-order valence-electron chi connectivity index (χ4n) is 2.93. The minimum absolute atomic E-state index is 0.0281. The first-order chi connectivity index (χ1) is 12.7. The van der Waals surface area contributed by atoms with Crippen LogP contribution in [0.2, 0.25) is 0 Å². The van der Waals surface area contributed by atoms with E-state index in [9.17, 15) is 10.2 Å². The molecule has 1 aliphatic carbocycles. The number of aromatic hydroxyl groups is 2. The Morgan fingerprint density at radius 1 is 1.08 bits per heavy atom. The van der Waals surface area contributed by atoms with Crippen LogP contribution in [0.1, 0.15) is 12.0 Å². The summed E-state index contributed by atoms with van der Waals surface area (Å²) in [6.45, 7) is 0.416. The summed E-state index contributed by atoms with van der Waals surface area (Å²) in [6.07, 6.45) is 11.0. The Labute approximate surface area is 150 Å². The lowest BCUT2D eigenvalue weighted by Gasteiger charge is -2.11. The molecule has 0 fully saturated rings. The van der Waals surface area contributed by atoms with Gasteiger partial charge in [0.25, 0.3) is 0 Å². The first-order valence-corrected chi connectivity index (χ1v) is 8.39. The largest absolute Gasteiger partial charge is 0.507 e. The molecule has 2 aromatic carbocycles. The Kier molecular flexibility index (Phi) is 4.19. The number of nitrogens with zero attached hydrogens (tertiary/aromatic N) is 1. The van der Waals surface area contributed by atoms with Crippen LogP contribution in [0, 0.1) is 0 Å². The second-order valence-electron chi connectivity index (χ2n) is 6.07. The molecule has 3 N–H and O–H groups in total. The van der Waals surface area contributed by atoms with Crippen LogP contribution in [0.4, 0.5) is 0 Å². The van der Waals surface area contributed by atoms with Crippen molar-refractivity contribution in [3.05, 3.63) is 78.0 Å². The molecular weight excluding hydrogens is 328 g/mol. The number of hydrogen-bond donors (Lipinski definition) is 3. The van der Waals surface area contributed by atoms with E-state index in [0.717, 1.165) is 17.5 Å². The summed E-state index contributed by atoms with van der Waals surface area (Å²) < 4.78 is 5.33. The van der Waals surface area contributed by atoms with Gasteiger partial charge in [-0.25, -0.2) is 0 Å². The minimum atomic E-state index is -0.0400. The molecule has 0 saturated heterocycles. The van der Waals surface area contributed by atoms with Crippen LogP contribution < -0.4 is 5.32 Å². The van der Waals surface area contributed by atoms with Crippen LogP contribution in [0.3, 0.4) is 0 Å². The summed E-state index contributed by atoms with van der Waals surface area (Å²) >= 11 is 0.